The Hall–Kier alpha value is -1.75. The molecule has 2 N–H and O–H groups in total. The number of aliphatic hydroxyl groups is 1. The highest BCUT2D eigenvalue weighted by Crippen LogP contribution is 2.32. The van der Waals surface area contributed by atoms with Crippen molar-refractivity contribution in [1.29, 1.82) is 0 Å². The lowest BCUT2D eigenvalue weighted by atomic mass is 9.86. The molecular formula is C13H17NO4. The summed E-state index contributed by atoms with van der Waals surface area (Å²) in [6.07, 6.45) is 0.244. The van der Waals surface area contributed by atoms with Crippen LogP contribution in [-0.4, -0.2) is 31.5 Å². The third-order valence-corrected chi connectivity index (χ3v) is 3.27. The van der Waals surface area contributed by atoms with Crippen molar-refractivity contribution in [2.24, 2.45) is 0 Å². The van der Waals surface area contributed by atoms with Gasteiger partial charge in [-0.25, -0.2) is 4.79 Å². The van der Waals surface area contributed by atoms with E-state index in [1.165, 1.54) is 7.11 Å². The summed E-state index contributed by atoms with van der Waals surface area (Å²) in [6.45, 7) is 0. The van der Waals surface area contributed by atoms with Crippen LogP contribution in [0.3, 0.4) is 0 Å². The number of benzene rings is 1. The van der Waals surface area contributed by atoms with E-state index in [0.29, 0.717) is 12.2 Å². The highest BCUT2D eigenvalue weighted by atomic mass is 16.5. The van der Waals surface area contributed by atoms with Crippen LogP contribution in [0.2, 0.25) is 0 Å². The van der Waals surface area contributed by atoms with E-state index in [2.05, 4.69) is 10.1 Å². The lowest BCUT2D eigenvalue weighted by molar-refractivity contribution is 0.104. The second-order valence-corrected chi connectivity index (χ2v) is 4.29. The number of rotatable bonds is 2. The van der Waals surface area contributed by atoms with Crippen LogP contribution in [0, 0.1) is 0 Å². The first-order chi connectivity index (χ1) is 8.65. The highest BCUT2D eigenvalue weighted by Gasteiger charge is 2.29. The summed E-state index contributed by atoms with van der Waals surface area (Å²) in [7, 11) is 2.89. The molecule has 2 unspecified atom stereocenters. The molecular weight excluding hydrogens is 234 g/mol. The van der Waals surface area contributed by atoms with Crippen LogP contribution in [0.15, 0.2) is 18.2 Å². The van der Waals surface area contributed by atoms with Crippen LogP contribution >= 0.6 is 0 Å². The summed E-state index contributed by atoms with van der Waals surface area (Å²) in [4.78, 5) is 11.2. The van der Waals surface area contributed by atoms with Crippen LogP contribution in [0.5, 0.6) is 5.75 Å². The normalized spacial score (nSPS) is 21.9. The average molecular weight is 251 g/mol. The molecule has 0 aliphatic heterocycles. The summed E-state index contributed by atoms with van der Waals surface area (Å²) >= 11 is 0. The molecule has 1 aromatic rings. The van der Waals surface area contributed by atoms with Gasteiger partial charge in [0, 0.05) is 0 Å². The molecule has 0 radical (unpaired) electrons. The zero-order valence-electron chi connectivity index (χ0n) is 10.5. The number of methoxy groups -OCH3 is 2. The van der Waals surface area contributed by atoms with Gasteiger partial charge in [-0.05, 0) is 36.1 Å². The molecule has 0 spiro atoms. The number of aryl methyl sites for hydroxylation is 1. The van der Waals surface area contributed by atoms with Gasteiger partial charge in [0.25, 0.3) is 0 Å². The summed E-state index contributed by atoms with van der Waals surface area (Å²) in [5.41, 5.74) is 1.90. The summed E-state index contributed by atoms with van der Waals surface area (Å²) in [6, 6.07) is 5.31. The number of alkyl carbamates (subject to hydrolysis) is 1. The maximum absolute atomic E-state index is 11.2. The first kappa shape index (κ1) is 12.7. The lowest BCUT2D eigenvalue weighted by Gasteiger charge is -2.30. The van der Waals surface area contributed by atoms with Crippen LogP contribution in [0.25, 0.3) is 0 Å². The van der Waals surface area contributed by atoms with Gasteiger partial charge in [-0.2, -0.15) is 0 Å². The van der Waals surface area contributed by atoms with E-state index in [-0.39, 0.29) is 6.04 Å². The number of hydrogen-bond donors (Lipinski definition) is 2. The Balaban J connectivity index is 2.20. The number of nitrogens with one attached hydrogen (secondary N) is 1. The van der Waals surface area contributed by atoms with E-state index < -0.39 is 12.2 Å². The first-order valence-electron chi connectivity index (χ1n) is 5.85. The van der Waals surface area contributed by atoms with Crippen LogP contribution in [-0.2, 0) is 11.2 Å². The second kappa shape index (κ2) is 5.27. The van der Waals surface area contributed by atoms with Crippen molar-refractivity contribution in [1.82, 2.24) is 5.32 Å². The van der Waals surface area contributed by atoms with Gasteiger partial charge < -0.3 is 19.9 Å². The topological polar surface area (TPSA) is 67.8 Å². The highest BCUT2D eigenvalue weighted by molar-refractivity contribution is 5.67. The molecule has 0 saturated heterocycles. The molecule has 2 rings (SSSR count). The lowest BCUT2D eigenvalue weighted by Crippen LogP contribution is -2.41. The Morgan fingerprint density at radius 3 is 2.89 bits per heavy atom. The summed E-state index contributed by atoms with van der Waals surface area (Å²) < 4.78 is 9.69. The van der Waals surface area contributed by atoms with E-state index in [9.17, 15) is 9.90 Å². The van der Waals surface area contributed by atoms with Crippen molar-refractivity contribution in [2.75, 3.05) is 14.2 Å². The second-order valence-electron chi connectivity index (χ2n) is 4.29. The van der Waals surface area contributed by atoms with Crippen molar-refractivity contribution >= 4 is 6.09 Å². The molecule has 0 heterocycles. The van der Waals surface area contributed by atoms with Gasteiger partial charge in [-0.3, -0.25) is 0 Å². The molecule has 1 aromatic carbocycles. The predicted octanol–water partition coefficient (Wildman–Crippen LogP) is 1.40. The van der Waals surface area contributed by atoms with Crippen molar-refractivity contribution in [3.05, 3.63) is 29.3 Å². The Morgan fingerprint density at radius 2 is 2.22 bits per heavy atom. The number of carbonyl (C=O) groups excluding carboxylic acids is 1. The molecule has 18 heavy (non-hydrogen) atoms. The molecule has 0 aromatic heterocycles. The standard InChI is InChI=1S/C13H17NO4/c1-17-9-5-3-8-4-6-11(14-13(16)18-2)12(15)10(8)7-9/h3,5,7,11-12,15H,4,6H2,1-2H3,(H,14,16). The van der Waals surface area contributed by atoms with E-state index in [0.717, 1.165) is 17.5 Å². The Bertz CT molecular complexity index is 447. The monoisotopic (exact) mass is 251 g/mol. The van der Waals surface area contributed by atoms with Crippen LogP contribution in [0.1, 0.15) is 23.7 Å². The molecule has 0 fully saturated rings. The number of aliphatic hydroxyl groups excluding tert-OH is 1. The molecule has 0 bridgehead atoms. The molecule has 98 valence electrons. The average Bonchev–Trinajstić information content (AvgIpc) is 2.41. The zero-order chi connectivity index (χ0) is 13.1. The van der Waals surface area contributed by atoms with Crippen LogP contribution in [0.4, 0.5) is 4.79 Å². The molecule has 1 aliphatic carbocycles. The third-order valence-electron chi connectivity index (χ3n) is 3.27. The number of carbonyl (C=O) groups is 1. The van der Waals surface area contributed by atoms with Gasteiger partial charge in [-0.15, -0.1) is 0 Å². The number of amides is 1. The first-order valence-corrected chi connectivity index (χ1v) is 5.85. The van der Waals surface area contributed by atoms with Crippen molar-refractivity contribution in [2.45, 2.75) is 25.0 Å². The molecule has 5 heteroatoms. The Labute approximate surface area is 106 Å². The van der Waals surface area contributed by atoms with E-state index in [4.69, 9.17) is 4.74 Å². The molecule has 0 saturated carbocycles. The molecule has 1 amide bonds. The minimum Gasteiger partial charge on any atom is -0.497 e. The van der Waals surface area contributed by atoms with Gasteiger partial charge in [0.2, 0.25) is 0 Å². The fourth-order valence-electron chi connectivity index (χ4n) is 2.25. The van der Waals surface area contributed by atoms with Gasteiger partial charge >= 0.3 is 6.09 Å². The molecule has 1 aliphatic rings. The minimum atomic E-state index is -0.733. The van der Waals surface area contributed by atoms with Crippen molar-refractivity contribution in [3.8, 4) is 5.75 Å². The summed E-state index contributed by atoms with van der Waals surface area (Å²) in [5, 5.41) is 12.9. The SMILES string of the molecule is COC(=O)NC1CCc2ccc(OC)cc2C1O. The fraction of sp³-hybridized carbons (Fsp3) is 0.462. The smallest absolute Gasteiger partial charge is 0.407 e. The maximum atomic E-state index is 11.2. The van der Waals surface area contributed by atoms with Crippen molar-refractivity contribution in [3.63, 3.8) is 0 Å². The fourth-order valence-corrected chi connectivity index (χ4v) is 2.25. The number of fused-ring (bicyclic) bond motifs is 1. The van der Waals surface area contributed by atoms with Gasteiger partial charge in [-0.1, -0.05) is 6.07 Å². The number of hydrogen-bond acceptors (Lipinski definition) is 4. The molecule has 2 atom stereocenters. The Kier molecular flexibility index (Phi) is 3.72. The maximum Gasteiger partial charge on any atom is 0.407 e. The van der Waals surface area contributed by atoms with E-state index in [1.807, 2.05) is 18.2 Å². The molecule has 5 nitrogen and oxygen atoms in total. The largest absolute Gasteiger partial charge is 0.497 e. The van der Waals surface area contributed by atoms with E-state index >= 15 is 0 Å². The Morgan fingerprint density at radius 1 is 1.44 bits per heavy atom. The van der Waals surface area contributed by atoms with Crippen LogP contribution < -0.4 is 10.1 Å². The van der Waals surface area contributed by atoms with Crippen molar-refractivity contribution < 1.29 is 19.4 Å². The summed E-state index contributed by atoms with van der Waals surface area (Å²) in [5.74, 6) is 0.700. The zero-order valence-corrected chi connectivity index (χ0v) is 10.5. The number of ether oxygens (including phenoxy) is 2. The van der Waals surface area contributed by atoms with Gasteiger partial charge in [0.15, 0.2) is 0 Å². The predicted molar refractivity (Wildman–Crippen MR) is 65.6 cm³/mol. The van der Waals surface area contributed by atoms with Gasteiger partial charge in [0.05, 0.1) is 26.4 Å². The van der Waals surface area contributed by atoms with E-state index in [1.54, 1.807) is 7.11 Å². The van der Waals surface area contributed by atoms with Gasteiger partial charge in [0.1, 0.15) is 5.75 Å². The minimum absolute atomic E-state index is 0.322. The third kappa shape index (κ3) is 2.41. The quantitative estimate of drug-likeness (QED) is 0.833.